The topological polar surface area (TPSA) is 84.5 Å². The maximum Gasteiger partial charge on any atom is 0.328 e. The molecule has 0 aliphatic rings. The molecule has 0 radical (unpaired) electrons. The molecule has 1 rings (SSSR count). The van der Waals surface area contributed by atoms with Crippen molar-refractivity contribution in [3.05, 3.63) is 17.0 Å². The molecule has 0 saturated heterocycles. The largest absolute Gasteiger partial charge is 0.467 e. The summed E-state index contributed by atoms with van der Waals surface area (Å²) >= 11 is 1.15. The molecule has 1 aromatic heterocycles. The zero-order valence-corrected chi connectivity index (χ0v) is 12.7. The van der Waals surface area contributed by atoms with Crippen LogP contribution in [0.5, 0.6) is 0 Å². The Bertz CT molecular complexity index is 510. The van der Waals surface area contributed by atoms with Crippen LogP contribution in [-0.2, 0) is 14.3 Å². The number of carbonyl (C=O) groups excluding carboxylic acids is 3. The fraction of sp³-hybridized carbons (Fsp3) is 0.462. The van der Waals surface area contributed by atoms with Crippen LogP contribution in [0.25, 0.3) is 0 Å². The first-order valence-electron chi connectivity index (χ1n) is 6.11. The third-order valence-corrected chi connectivity index (χ3v) is 3.54. The van der Waals surface area contributed by atoms with Gasteiger partial charge in [-0.1, -0.05) is 13.8 Å². The van der Waals surface area contributed by atoms with Gasteiger partial charge in [0.2, 0.25) is 5.91 Å². The Kier molecular flexibility index (Phi) is 5.69. The summed E-state index contributed by atoms with van der Waals surface area (Å²) in [6.07, 6.45) is 0. The zero-order valence-electron chi connectivity index (χ0n) is 11.9. The maximum absolute atomic E-state index is 12.1. The first-order valence-corrected chi connectivity index (χ1v) is 6.93. The van der Waals surface area contributed by atoms with Crippen molar-refractivity contribution in [3.8, 4) is 0 Å². The predicted molar refractivity (Wildman–Crippen MR) is 76.7 cm³/mol. The van der Waals surface area contributed by atoms with Crippen molar-refractivity contribution in [2.45, 2.75) is 26.8 Å². The van der Waals surface area contributed by atoms with Crippen LogP contribution in [0.3, 0.4) is 0 Å². The van der Waals surface area contributed by atoms with Crippen molar-refractivity contribution in [3.63, 3.8) is 0 Å². The number of thiophene rings is 1. The molecule has 0 saturated carbocycles. The smallest absolute Gasteiger partial charge is 0.328 e. The van der Waals surface area contributed by atoms with Crippen LogP contribution in [0.2, 0.25) is 0 Å². The standard InChI is InChI=1S/C13H18N2O4S/c1-7(2)11(13(18)19-4)15-12(17)9-5-6-10(20-9)14-8(3)16/h5-7,11H,1-4H3,(H,14,16)(H,15,17). The monoisotopic (exact) mass is 298 g/mol. The summed E-state index contributed by atoms with van der Waals surface area (Å²) in [6.45, 7) is 5.03. The van der Waals surface area contributed by atoms with E-state index in [4.69, 9.17) is 0 Å². The van der Waals surface area contributed by atoms with Crippen molar-refractivity contribution in [2.24, 2.45) is 5.92 Å². The second-order valence-electron chi connectivity index (χ2n) is 4.56. The molecule has 7 heteroatoms. The molecule has 0 aromatic carbocycles. The summed E-state index contributed by atoms with van der Waals surface area (Å²) in [4.78, 5) is 35.0. The van der Waals surface area contributed by atoms with Gasteiger partial charge in [-0.25, -0.2) is 4.79 Å². The van der Waals surface area contributed by atoms with Gasteiger partial charge < -0.3 is 15.4 Å². The highest BCUT2D eigenvalue weighted by Gasteiger charge is 2.25. The van der Waals surface area contributed by atoms with Crippen LogP contribution in [0, 0.1) is 5.92 Å². The number of methoxy groups -OCH3 is 1. The lowest BCUT2D eigenvalue weighted by atomic mass is 10.0. The van der Waals surface area contributed by atoms with Gasteiger partial charge in [0.15, 0.2) is 0 Å². The lowest BCUT2D eigenvalue weighted by molar-refractivity contribution is -0.144. The van der Waals surface area contributed by atoms with Gasteiger partial charge in [-0.2, -0.15) is 0 Å². The molecule has 0 spiro atoms. The molecule has 0 aliphatic heterocycles. The molecule has 0 bridgehead atoms. The van der Waals surface area contributed by atoms with Gasteiger partial charge in [-0.15, -0.1) is 11.3 Å². The molecule has 0 fully saturated rings. The first-order chi connectivity index (χ1) is 9.35. The number of ether oxygens (including phenoxy) is 1. The Morgan fingerprint density at radius 2 is 1.90 bits per heavy atom. The van der Waals surface area contributed by atoms with Gasteiger partial charge in [-0.05, 0) is 18.1 Å². The number of rotatable bonds is 5. The van der Waals surface area contributed by atoms with Gasteiger partial charge >= 0.3 is 5.97 Å². The van der Waals surface area contributed by atoms with Crippen LogP contribution >= 0.6 is 11.3 Å². The maximum atomic E-state index is 12.1. The Labute approximate surface area is 121 Å². The minimum atomic E-state index is -0.696. The normalized spacial score (nSPS) is 11.8. The molecule has 20 heavy (non-hydrogen) atoms. The van der Waals surface area contributed by atoms with E-state index < -0.39 is 12.0 Å². The number of hydrogen-bond donors (Lipinski definition) is 2. The zero-order chi connectivity index (χ0) is 15.3. The SMILES string of the molecule is COC(=O)C(NC(=O)c1ccc(NC(C)=O)s1)C(C)C. The van der Waals surface area contributed by atoms with Crippen molar-refractivity contribution in [1.29, 1.82) is 0 Å². The fourth-order valence-corrected chi connectivity index (χ4v) is 2.39. The highest BCUT2D eigenvalue weighted by Crippen LogP contribution is 2.22. The van der Waals surface area contributed by atoms with Crippen molar-refractivity contribution < 1.29 is 19.1 Å². The Balaban J connectivity index is 2.76. The summed E-state index contributed by atoms with van der Waals surface area (Å²) in [5, 5.41) is 5.82. The van der Waals surface area contributed by atoms with Crippen LogP contribution in [0.4, 0.5) is 5.00 Å². The molecule has 1 heterocycles. The second kappa shape index (κ2) is 7.04. The number of anilines is 1. The van der Waals surface area contributed by atoms with Gasteiger partial charge in [0.05, 0.1) is 17.0 Å². The number of carbonyl (C=O) groups is 3. The van der Waals surface area contributed by atoms with Gasteiger partial charge in [-0.3, -0.25) is 9.59 Å². The molecule has 2 N–H and O–H groups in total. The molecular weight excluding hydrogens is 280 g/mol. The third kappa shape index (κ3) is 4.34. The van der Waals surface area contributed by atoms with E-state index in [2.05, 4.69) is 15.4 Å². The fourth-order valence-electron chi connectivity index (χ4n) is 1.54. The molecule has 1 aromatic rings. The lowest BCUT2D eigenvalue weighted by Crippen LogP contribution is -2.44. The Morgan fingerprint density at radius 1 is 1.25 bits per heavy atom. The summed E-state index contributed by atoms with van der Waals surface area (Å²) in [5.74, 6) is -1.13. The molecule has 6 nitrogen and oxygen atoms in total. The van der Waals surface area contributed by atoms with Crippen LogP contribution < -0.4 is 10.6 Å². The average molecular weight is 298 g/mol. The van der Waals surface area contributed by atoms with E-state index in [0.29, 0.717) is 9.88 Å². The van der Waals surface area contributed by atoms with E-state index in [9.17, 15) is 14.4 Å². The number of amides is 2. The van der Waals surface area contributed by atoms with E-state index >= 15 is 0 Å². The number of hydrogen-bond acceptors (Lipinski definition) is 5. The quantitative estimate of drug-likeness (QED) is 0.809. The third-order valence-electron chi connectivity index (χ3n) is 2.54. The highest BCUT2D eigenvalue weighted by molar-refractivity contribution is 7.18. The van der Waals surface area contributed by atoms with E-state index in [-0.39, 0.29) is 17.7 Å². The van der Waals surface area contributed by atoms with Crippen LogP contribution in [0.1, 0.15) is 30.4 Å². The molecule has 1 unspecified atom stereocenters. The highest BCUT2D eigenvalue weighted by atomic mass is 32.1. The average Bonchev–Trinajstić information content (AvgIpc) is 2.82. The van der Waals surface area contributed by atoms with Gasteiger partial charge in [0, 0.05) is 6.92 Å². The minimum Gasteiger partial charge on any atom is -0.467 e. The predicted octanol–water partition coefficient (Wildman–Crippen LogP) is 1.63. The molecule has 0 aliphatic carbocycles. The Hall–Kier alpha value is -1.89. The molecule has 2 amide bonds. The summed E-state index contributed by atoms with van der Waals surface area (Å²) in [7, 11) is 1.28. The van der Waals surface area contributed by atoms with E-state index in [1.165, 1.54) is 14.0 Å². The Morgan fingerprint density at radius 3 is 2.40 bits per heavy atom. The molecule has 1 atom stereocenters. The van der Waals surface area contributed by atoms with Crippen LogP contribution in [0.15, 0.2) is 12.1 Å². The lowest BCUT2D eigenvalue weighted by Gasteiger charge is -2.19. The second-order valence-corrected chi connectivity index (χ2v) is 5.65. The van der Waals surface area contributed by atoms with Crippen molar-refractivity contribution in [2.75, 3.05) is 12.4 Å². The minimum absolute atomic E-state index is 0.0822. The van der Waals surface area contributed by atoms with E-state index in [1.807, 2.05) is 13.8 Å². The number of nitrogens with one attached hydrogen (secondary N) is 2. The van der Waals surface area contributed by atoms with Crippen LogP contribution in [-0.4, -0.2) is 30.9 Å². The molecular formula is C13H18N2O4S. The number of esters is 1. The first kappa shape index (κ1) is 16.2. The van der Waals surface area contributed by atoms with Crippen molar-refractivity contribution >= 4 is 34.1 Å². The summed E-state index contributed by atoms with van der Waals surface area (Å²) in [6, 6.07) is 2.54. The van der Waals surface area contributed by atoms with E-state index in [1.54, 1.807) is 12.1 Å². The van der Waals surface area contributed by atoms with Crippen molar-refractivity contribution in [1.82, 2.24) is 5.32 Å². The van der Waals surface area contributed by atoms with Gasteiger partial charge in [0.1, 0.15) is 6.04 Å². The van der Waals surface area contributed by atoms with E-state index in [0.717, 1.165) is 11.3 Å². The summed E-state index contributed by atoms with van der Waals surface area (Å²) in [5.41, 5.74) is 0. The molecule has 110 valence electrons. The summed E-state index contributed by atoms with van der Waals surface area (Å²) < 4.78 is 4.66. The van der Waals surface area contributed by atoms with Gasteiger partial charge in [0.25, 0.3) is 5.91 Å².